The molecule has 5 heteroatoms. The summed E-state index contributed by atoms with van der Waals surface area (Å²) in [5.74, 6) is -0.0951. The number of anilines is 1. The fourth-order valence-electron chi connectivity index (χ4n) is 3.34. The molecule has 2 N–H and O–H groups in total. The number of hydrogen-bond acceptors (Lipinski definition) is 4. The van der Waals surface area contributed by atoms with Gasteiger partial charge in [0, 0.05) is 23.3 Å². The van der Waals surface area contributed by atoms with Gasteiger partial charge >= 0.3 is 5.97 Å². The molecule has 5 nitrogen and oxygen atoms in total. The van der Waals surface area contributed by atoms with Crippen molar-refractivity contribution < 1.29 is 14.6 Å². The second-order valence-corrected chi connectivity index (χ2v) is 6.20. The minimum absolute atomic E-state index is 0.191. The highest BCUT2D eigenvalue weighted by molar-refractivity contribution is 5.96. The number of aliphatic carboxylic acids is 1. The molecule has 3 rings (SSSR count). The molecule has 1 fully saturated rings. The van der Waals surface area contributed by atoms with Crippen LogP contribution in [-0.2, 0) is 4.79 Å². The summed E-state index contributed by atoms with van der Waals surface area (Å²) in [6, 6.07) is 6.23. The third kappa shape index (κ3) is 3.09. The van der Waals surface area contributed by atoms with Gasteiger partial charge in [-0.15, -0.1) is 0 Å². The number of rotatable bonds is 4. The van der Waals surface area contributed by atoms with E-state index in [0.717, 1.165) is 53.6 Å². The van der Waals surface area contributed by atoms with Crippen LogP contribution in [0.25, 0.3) is 10.9 Å². The number of carboxylic acids is 1. The van der Waals surface area contributed by atoms with Gasteiger partial charge in [-0.05, 0) is 44.2 Å². The maximum absolute atomic E-state index is 11.1. The number of ether oxygens (including phenoxy) is 1. The highest BCUT2D eigenvalue weighted by atomic mass is 16.5. The minimum Gasteiger partial charge on any atom is -0.494 e. The number of hydrogen-bond donors (Lipinski definition) is 2. The number of aromatic nitrogens is 1. The SMILES string of the molecule is COc1cccc2c(NC3CCC(C(=O)O)CC3)c(C)cnc12. The molecular weight excluding hydrogens is 292 g/mol. The molecule has 0 aliphatic heterocycles. The van der Waals surface area contributed by atoms with Gasteiger partial charge in [0.2, 0.25) is 0 Å². The standard InChI is InChI=1S/C18H22N2O3/c1-11-10-19-17-14(4-3-5-15(17)23-2)16(11)20-13-8-6-12(7-9-13)18(21)22/h3-5,10,12-13H,6-9H2,1-2H3,(H,19,20)(H,21,22). The van der Waals surface area contributed by atoms with Crippen LogP contribution in [0.1, 0.15) is 31.2 Å². The normalized spacial score (nSPS) is 21.1. The first kappa shape index (κ1) is 15.6. The number of carboxylic acid groups (broad SMARTS) is 1. The Hall–Kier alpha value is -2.30. The van der Waals surface area contributed by atoms with Gasteiger partial charge in [0.05, 0.1) is 13.0 Å². The maximum Gasteiger partial charge on any atom is 0.306 e. The van der Waals surface area contributed by atoms with Crippen molar-refractivity contribution in [1.29, 1.82) is 0 Å². The summed E-state index contributed by atoms with van der Waals surface area (Å²) in [4.78, 5) is 15.6. The number of pyridine rings is 1. The average molecular weight is 314 g/mol. The van der Waals surface area contributed by atoms with Crippen molar-refractivity contribution in [3.05, 3.63) is 30.0 Å². The molecule has 0 spiro atoms. The van der Waals surface area contributed by atoms with E-state index in [9.17, 15) is 4.79 Å². The highest BCUT2D eigenvalue weighted by Crippen LogP contribution is 2.34. The number of aryl methyl sites for hydroxylation is 1. The van der Waals surface area contributed by atoms with Gasteiger partial charge in [0.1, 0.15) is 11.3 Å². The monoisotopic (exact) mass is 314 g/mol. The van der Waals surface area contributed by atoms with Crippen LogP contribution < -0.4 is 10.1 Å². The van der Waals surface area contributed by atoms with Crippen LogP contribution in [0.4, 0.5) is 5.69 Å². The smallest absolute Gasteiger partial charge is 0.306 e. The van der Waals surface area contributed by atoms with Crippen molar-refractivity contribution >= 4 is 22.6 Å². The molecule has 0 saturated heterocycles. The van der Waals surface area contributed by atoms with Crippen molar-refractivity contribution in [1.82, 2.24) is 4.98 Å². The van der Waals surface area contributed by atoms with Gasteiger partial charge < -0.3 is 15.2 Å². The average Bonchev–Trinajstić information content (AvgIpc) is 2.57. The van der Waals surface area contributed by atoms with Gasteiger partial charge in [-0.25, -0.2) is 0 Å². The molecule has 0 amide bonds. The van der Waals surface area contributed by atoms with Crippen LogP contribution in [-0.4, -0.2) is 29.2 Å². The van der Waals surface area contributed by atoms with Crippen LogP contribution >= 0.6 is 0 Å². The lowest BCUT2D eigenvalue weighted by Gasteiger charge is -2.28. The second-order valence-electron chi connectivity index (χ2n) is 6.20. The Bertz CT molecular complexity index is 722. The number of para-hydroxylation sites is 1. The van der Waals surface area contributed by atoms with E-state index in [1.54, 1.807) is 7.11 Å². The first-order chi connectivity index (χ1) is 11.1. The molecule has 0 radical (unpaired) electrons. The number of carbonyl (C=O) groups is 1. The van der Waals surface area contributed by atoms with Crippen LogP contribution in [0.5, 0.6) is 5.75 Å². The summed E-state index contributed by atoms with van der Waals surface area (Å²) in [5, 5.41) is 13.8. The lowest BCUT2D eigenvalue weighted by molar-refractivity contribution is -0.142. The van der Waals surface area contributed by atoms with Gasteiger partial charge in [-0.3, -0.25) is 9.78 Å². The van der Waals surface area contributed by atoms with Gasteiger partial charge in [-0.1, -0.05) is 12.1 Å². The molecule has 0 bridgehead atoms. The molecule has 1 aromatic heterocycles. The summed E-state index contributed by atoms with van der Waals surface area (Å²) in [6.07, 6.45) is 5.08. The Labute approximate surface area is 135 Å². The summed E-state index contributed by atoms with van der Waals surface area (Å²) in [7, 11) is 1.65. The van der Waals surface area contributed by atoms with Crippen molar-refractivity contribution in [2.24, 2.45) is 5.92 Å². The zero-order chi connectivity index (χ0) is 16.4. The number of fused-ring (bicyclic) bond motifs is 1. The summed E-state index contributed by atoms with van der Waals surface area (Å²) >= 11 is 0. The molecule has 1 saturated carbocycles. The molecule has 1 aliphatic rings. The van der Waals surface area contributed by atoms with Crippen molar-refractivity contribution in [3.63, 3.8) is 0 Å². The maximum atomic E-state index is 11.1. The summed E-state index contributed by atoms with van der Waals surface area (Å²) < 4.78 is 5.40. The number of methoxy groups -OCH3 is 1. The predicted octanol–water partition coefficient (Wildman–Crippen LogP) is 3.61. The van der Waals surface area contributed by atoms with Gasteiger partial charge in [0.25, 0.3) is 0 Å². The van der Waals surface area contributed by atoms with Crippen molar-refractivity contribution in [2.45, 2.75) is 38.6 Å². The van der Waals surface area contributed by atoms with Crippen molar-refractivity contribution in [2.75, 3.05) is 12.4 Å². The Morgan fingerprint density at radius 3 is 2.70 bits per heavy atom. The van der Waals surface area contributed by atoms with E-state index >= 15 is 0 Å². The van der Waals surface area contributed by atoms with Crippen molar-refractivity contribution in [3.8, 4) is 5.75 Å². The highest BCUT2D eigenvalue weighted by Gasteiger charge is 2.26. The fraction of sp³-hybridized carbons (Fsp3) is 0.444. The lowest BCUT2D eigenvalue weighted by atomic mass is 9.86. The Kier molecular flexibility index (Phi) is 4.37. The lowest BCUT2D eigenvalue weighted by Crippen LogP contribution is -2.29. The van der Waals surface area contributed by atoms with Gasteiger partial charge in [0.15, 0.2) is 0 Å². The molecule has 122 valence electrons. The first-order valence-electron chi connectivity index (χ1n) is 8.01. The van der Waals surface area contributed by atoms with E-state index in [0.29, 0.717) is 6.04 Å². The molecule has 23 heavy (non-hydrogen) atoms. The largest absolute Gasteiger partial charge is 0.494 e. The molecular formula is C18H22N2O3. The van der Waals surface area contributed by atoms with E-state index < -0.39 is 5.97 Å². The fourth-order valence-corrected chi connectivity index (χ4v) is 3.34. The van der Waals surface area contributed by atoms with E-state index in [2.05, 4.69) is 10.3 Å². The molecule has 0 unspecified atom stereocenters. The first-order valence-corrected chi connectivity index (χ1v) is 8.01. The summed E-state index contributed by atoms with van der Waals surface area (Å²) in [6.45, 7) is 2.04. The van der Waals surface area contributed by atoms with E-state index in [4.69, 9.17) is 9.84 Å². The number of nitrogens with one attached hydrogen (secondary N) is 1. The summed E-state index contributed by atoms with van der Waals surface area (Å²) in [5.41, 5.74) is 3.01. The zero-order valence-corrected chi connectivity index (χ0v) is 13.5. The van der Waals surface area contributed by atoms with Crippen LogP contribution in [0, 0.1) is 12.8 Å². The molecule has 2 aromatic rings. The Morgan fingerprint density at radius 2 is 2.04 bits per heavy atom. The number of nitrogens with zero attached hydrogens (tertiary/aromatic N) is 1. The molecule has 0 atom stereocenters. The number of benzene rings is 1. The van der Waals surface area contributed by atoms with Gasteiger partial charge in [-0.2, -0.15) is 0 Å². The van der Waals surface area contributed by atoms with E-state index in [-0.39, 0.29) is 5.92 Å². The Balaban J connectivity index is 1.86. The molecule has 1 aliphatic carbocycles. The Morgan fingerprint density at radius 1 is 1.30 bits per heavy atom. The second kappa shape index (κ2) is 6.44. The van der Waals surface area contributed by atoms with E-state index in [1.165, 1.54) is 0 Å². The third-order valence-electron chi connectivity index (χ3n) is 4.69. The minimum atomic E-state index is -0.668. The zero-order valence-electron chi connectivity index (χ0n) is 13.5. The van der Waals surface area contributed by atoms with E-state index in [1.807, 2.05) is 31.3 Å². The van der Waals surface area contributed by atoms with Crippen LogP contribution in [0.3, 0.4) is 0 Å². The third-order valence-corrected chi connectivity index (χ3v) is 4.69. The van der Waals surface area contributed by atoms with Crippen LogP contribution in [0.15, 0.2) is 24.4 Å². The molecule has 1 aromatic carbocycles. The quantitative estimate of drug-likeness (QED) is 0.902. The topological polar surface area (TPSA) is 71.5 Å². The molecule has 1 heterocycles. The predicted molar refractivity (Wildman–Crippen MR) is 90.0 cm³/mol. The van der Waals surface area contributed by atoms with Crippen LogP contribution in [0.2, 0.25) is 0 Å².